The Labute approximate surface area is 158 Å². The van der Waals surface area contributed by atoms with E-state index >= 15 is 0 Å². The molecule has 1 heterocycles. The Balaban J connectivity index is 1.80. The van der Waals surface area contributed by atoms with E-state index in [2.05, 4.69) is 10.8 Å². The number of hydrogen-bond acceptors (Lipinski definition) is 5. The van der Waals surface area contributed by atoms with E-state index in [1.165, 1.54) is 6.07 Å². The van der Waals surface area contributed by atoms with Gasteiger partial charge in [-0.3, -0.25) is 19.8 Å². The van der Waals surface area contributed by atoms with Crippen molar-refractivity contribution in [2.24, 2.45) is 0 Å². The van der Waals surface area contributed by atoms with Gasteiger partial charge < -0.3 is 4.90 Å². The monoisotopic (exact) mass is 363 g/mol. The maximum absolute atomic E-state index is 12.6. The Hall–Kier alpha value is -3.17. The van der Waals surface area contributed by atoms with Crippen LogP contribution in [0.1, 0.15) is 22.3 Å². The van der Waals surface area contributed by atoms with Gasteiger partial charge in [0, 0.05) is 56.3 Å². The lowest BCUT2D eigenvalue weighted by Gasteiger charge is -2.35. The highest BCUT2D eigenvalue weighted by Gasteiger charge is 2.25. The van der Waals surface area contributed by atoms with E-state index in [0.29, 0.717) is 36.3 Å². The number of carbonyl (C=O) groups is 1. The molecule has 1 fully saturated rings. The van der Waals surface area contributed by atoms with E-state index in [-0.39, 0.29) is 11.5 Å². The molecule has 0 amide bonds. The molecule has 27 heavy (non-hydrogen) atoms. The summed E-state index contributed by atoms with van der Waals surface area (Å²) in [7, 11) is 0. The van der Waals surface area contributed by atoms with Crippen LogP contribution in [-0.4, -0.2) is 48.3 Å². The second kappa shape index (κ2) is 8.47. The summed E-state index contributed by atoms with van der Waals surface area (Å²) in [4.78, 5) is 28.1. The number of nitro benzene ring substituents is 1. The van der Waals surface area contributed by atoms with Crippen LogP contribution in [0.5, 0.6) is 0 Å². The zero-order valence-corrected chi connectivity index (χ0v) is 15.0. The molecule has 0 unspecified atom stereocenters. The number of benzene rings is 2. The molecule has 0 aliphatic carbocycles. The maximum Gasteiger partial charge on any atom is 0.293 e. The van der Waals surface area contributed by atoms with Crippen molar-refractivity contribution in [2.75, 3.05) is 37.6 Å². The summed E-state index contributed by atoms with van der Waals surface area (Å²) in [5.41, 5.74) is 1.36. The van der Waals surface area contributed by atoms with Crippen LogP contribution in [0.3, 0.4) is 0 Å². The number of carbonyl (C=O) groups excluding carboxylic acids is 1. The third-order valence-electron chi connectivity index (χ3n) is 4.76. The first-order valence-corrected chi connectivity index (χ1v) is 8.89. The van der Waals surface area contributed by atoms with Gasteiger partial charge in [-0.05, 0) is 12.1 Å². The van der Waals surface area contributed by atoms with Gasteiger partial charge in [0.25, 0.3) is 5.69 Å². The average molecular weight is 363 g/mol. The lowest BCUT2D eigenvalue weighted by atomic mass is 10.0. The lowest BCUT2D eigenvalue weighted by molar-refractivity contribution is -0.384. The molecule has 2 aromatic rings. The Bertz CT molecular complexity index is 866. The molecular weight excluding hydrogens is 342 g/mol. The molecule has 0 saturated carbocycles. The number of ketones is 1. The van der Waals surface area contributed by atoms with E-state index in [9.17, 15) is 14.9 Å². The zero-order chi connectivity index (χ0) is 19.2. The van der Waals surface area contributed by atoms with E-state index in [1.807, 2.05) is 11.0 Å². The van der Waals surface area contributed by atoms with Crippen LogP contribution in [0.15, 0.2) is 48.5 Å². The maximum atomic E-state index is 12.6. The smallest absolute Gasteiger partial charge is 0.293 e. The van der Waals surface area contributed by atoms with Crippen molar-refractivity contribution in [1.82, 2.24) is 4.90 Å². The molecule has 6 nitrogen and oxygen atoms in total. The molecule has 0 aromatic heterocycles. The Morgan fingerprint density at radius 2 is 1.78 bits per heavy atom. The van der Waals surface area contributed by atoms with Crippen LogP contribution in [-0.2, 0) is 0 Å². The molecule has 0 atom stereocenters. The summed E-state index contributed by atoms with van der Waals surface area (Å²) in [6.45, 7) is 3.85. The number of nitrogens with zero attached hydrogens (tertiary/aromatic N) is 3. The normalized spacial score (nSPS) is 14.6. The molecule has 138 valence electrons. The number of nitro groups is 1. The summed E-state index contributed by atoms with van der Waals surface area (Å²) in [6.07, 6.45) is 6.01. The van der Waals surface area contributed by atoms with Crippen LogP contribution in [0.25, 0.3) is 0 Å². The van der Waals surface area contributed by atoms with Gasteiger partial charge in [0.2, 0.25) is 0 Å². The molecule has 0 N–H and O–H groups in total. The first kappa shape index (κ1) is 18.6. The number of piperazine rings is 1. The van der Waals surface area contributed by atoms with Crippen LogP contribution < -0.4 is 4.90 Å². The molecule has 1 aliphatic rings. The Kier molecular flexibility index (Phi) is 5.84. The summed E-state index contributed by atoms with van der Waals surface area (Å²) >= 11 is 0. The number of anilines is 1. The molecular formula is C21H21N3O3. The van der Waals surface area contributed by atoms with Crippen molar-refractivity contribution < 1.29 is 9.72 Å². The molecule has 0 spiro atoms. The largest absolute Gasteiger partial charge is 0.363 e. The first-order chi connectivity index (χ1) is 13.1. The number of terminal acetylenes is 1. The van der Waals surface area contributed by atoms with Crippen LogP contribution in [0.2, 0.25) is 0 Å². The average Bonchev–Trinajstić information content (AvgIpc) is 2.72. The predicted molar refractivity (Wildman–Crippen MR) is 105 cm³/mol. The molecule has 0 bridgehead atoms. The molecule has 1 aliphatic heterocycles. The van der Waals surface area contributed by atoms with Gasteiger partial charge >= 0.3 is 0 Å². The van der Waals surface area contributed by atoms with Crippen molar-refractivity contribution in [3.8, 4) is 12.3 Å². The molecule has 0 radical (unpaired) electrons. The van der Waals surface area contributed by atoms with E-state index in [1.54, 1.807) is 36.4 Å². The third kappa shape index (κ3) is 4.33. The van der Waals surface area contributed by atoms with E-state index in [4.69, 9.17) is 6.42 Å². The fourth-order valence-electron chi connectivity index (χ4n) is 3.27. The molecule has 2 aromatic carbocycles. The van der Waals surface area contributed by atoms with Gasteiger partial charge in [0.1, 0.15) is 5.69 Å². The molecule has 1 saturated heterocycles. The fraction of sp³-hybridized carbons (Fsp3) is 0.286. The van der Waals surface area contributed by atoms with Crippen molar-refractivity contribution in [2.45, 2.75) is 6.42 Å². The van der Waals surface area contributed by atoms with Gasteiger partial charge in [-0.25, -0.2) is 0 Å². The second-order valence-electron chi connectivity index (χ2n) is 6.44. The summed E-state index contributed by atoms with van der Waals surface area (Å²) < 4.78 is 0. The van der Waals surface area contributed by atoms with Crippen LogP contribution in [0, 0.1) is 22.5 Å². The van der Waals surface area contributed by atoms with Crippen molar-refractivity contribution in [3.63, 3.8) is 0 Å². The quantitative estimate of drug-likeness (QED) is 0.342. The van der Waals surface area contributed by atoms with Gasteiger partial charge in [0.15, 0.2) is 5.78 Å². The van der Waals surface area contributed by atoms with Crippen molar-refractivity contribution in [1.29, 1.82) is 0 Å². The van der Waals surface area contributed by atoms with Gasteiger partial charge in [-0.1, -0.05) is 30.3 Å². The number of rotatable bonds is 6. The topological polar surface area (TPSA) is 66.7 Å². The zero-order valence-electron chi connectivity index (χ0n) is 15.0. The molecule has 6 heteroatoms. The molecule has 3 rings (SSSR count). The van der Waals surface area contributed by atoms with E-state index < -0.39 is 4.92 Å². The summed E-state index contributed by atoms with van der Waals surface area (Å²) in [5.74, 6) is 2.42. The Morgan fingerprint density at radius 3 is 2.41 bits per heavy atom. The minimum Gasteiger partial charge on any atom is -0.363 e. The minimum atomic E-state index is -0.415. The second-order valence-corrected chi connectivity index (χ2v) is 6.44. The highest BCUT2D eigenvalue weighted by atomic mass is 16.6. The highest BCUT2D eigenvalue weighted by molar-refractivity contribution is 6.09. The minimum absolute atomic E-state index is 0.0335. The first-order valence-electron chi connectivity index (χ1n) is 8.89. The van der Waals surface area contributed by atoms with Crippen LogP contribution >= 0.6 is 0 Å². The number of hydrogen-bond donors (Lipinski definition) is 0. The van der Waals surface area contributed by atoms with E-state index in [0.717, 1.165) is 19.6 Å². The van der Waals surface area contributed by atoms with Gasteiger partial charge in [0.05, 0.1) is 4.92 Å². The fourth-order valence-corrected chi connectivity index (χ4v) is 3.27. The summed E-state index contributed by atoms with van der Waals surface area (Å²) in [5, 5.41) is 11.6. The SMILES string of the molecule is C#CCCN1CCN(c2ccc(C(=O)c3ccccc3)cc2[N+](=O)[O-])CC1. The Morgan fingerprint density at radius 1 is 1.07 bits per heavy atom. The van der Waals surface area contributed by atoms with Gasteiger partial charge in [-0.15, -0.1) is 12.3 Å². The standard InChI is InChI=1S/C21H21N3O3/c1-2-3-11-22-12-14-23(15-13-22)19-10-9-18(16-20(19)24(26)27)21(25)17-7-5-4-6-8-17/h1,4-10,16H,3,11-15H2. The predicted octanol–water partition coefficient (Wildman–Crippen LogP) is 2.97. The summed E-state index contributed by atoms with van der Waals surface area (Å²) in [6, 6.07) is 13.5. The van der Waals surface area contributed by atoms with Crippen molar-refractivity contribution in [3.05, 3.63) is 69.8 Å². The van der Waals surface area contributed by atoms with Crippen molar-refractivity contribution >= 4 is 17.2 Å². The third-order valence-corrected chi connectivity index (χ3v) is 4.76. The highest BCUT2D eigenvalue weighted by Crippen LogP contribution is 2.31. The van der Waals surface area contributed by atoms with Gasteiger partial charge in [-0.2, -0.15) is 0 Å². The van der Waals surface area contributed by atoms with Crippen LogP contribution in [0.4, 0.5) is 11.4 Å². The lowest BCUT2D eigenvalue weighted by Crippen LogP contribution is -2.46.